The Balaban J connectivity index is 2.03. The largest absolute Gasteiger partial charge is 0.353 e. The molecule has 0 aliphatic heterocycles. The summed E-state index contributed by atoms with van der Waals surface area (Å²) in [5.74, 6) is 0.635. The fraction of sp³-hybridized carbons (Fsp3) is 0.308. The van der Waals surface area contributed by atoms with Crippen LogP contribution in [0.15, 0.2) is 24.4 Å². The standard InChI is InChI=1S/C13H13FIN3/c1-8-7-18(13(16-8)17-10-3-4-10)12-5-2-9(14)6-11(12)15/h2,5-7,10H,3-4H2,1H3,(H,16,17). The molecule has 2 aromatic rings. The van der Waals surface area contributed by atoms with E-state index in [-0.39, 0.29) is 5.82 Å². The van der Waals surface area contributed by atoms with E-state index in [1.54, 1.807) is 6.07 Å². The van der Waals surface area contributed by atoms with Crippen molar-refractivity contribution < 1.29 is 4.39 Å². The van der Waals surface area contributed by atoms with Crippen LogP contribution in [0.4, 0.5) is 10.3 Å². The topological polar surface area (TPSA) is 29.9 Å². The Hall–Kier alpha value is -1.11. The van der Waals surface area contributed by atoms with Gasteiger partial charge < -0.3 is 5.32 Å². The van der Waals surface area contributed by atoms with Crippen LogP contribution in [0.5, 0.6) is 0 Å². The van der Waals surface area contributed by atoms with Gasteiger partial charge in [0.25, 0.3) is 0 Å². The zero-order chi connectivity index (χ0) is 12.7. The molecule has 0 radical (unpaired) electrons. The van der Waals surface area contributed by atoms with Gasteiger partial charge >= 0.3 is 0 Å². The Morgan fingerprint density at radius 1 is 1.44 bits per heavy atom. The fourth-order valence-electron chi connectivity index (χ4n) is 1.87. The van der Waals surface area contributed by atoms with Crippen molar-refractivity contribution in [2.75, 3.05) is 5.32 Å². The van der Waals surface area contributed by atoms with Gasteiger partial charge in [-0.2, -0.15) is 0 Å². The lowest BCUT2D eigenvalue weighted by Crippen LogP contribution is -2.08. The molecule has 3 rings (SSSR count). The maximum absolute atomic E-state index is 13.1. The number of imidazole rings is 1. The minimum atomic E-state index is -0.211. The number of rotatable bonds is 3. The van der Waals surface area contributed by atoms with Gasteiger partial charge in [-0.25, -0.2) is 9.37 Å². The number of hydrogen-bond donors (Lipinski definition) is 1. The summed E-state index contributed by atoms with van der Waals surface area (Å²) in [5, 5.41) is 3.40. The molecule has 0 unspecified atom stereocenters. The van der Waals surface area contributed by atoms with Gasteiger partial charge in [0.1, 0.15) is 5.82 Å². The van der Waals surface area contributed by atoms with E-state index in [4.69, 9.17) is 0 Å². The summed E-state index contributed by atoms with van der Waals surface area (Å²) in [6, 6.07) is 5.35. The lowest BCUT2D eigenvalue weighted by molar-refractivity contribution is 0.626. The van der Waals surface area contributed by atoms with Gasteiger partial charge in [0.15, 0.2) is 0 Å². The highest BCUT2D eigenvalue weighted by Gasteiger charge is 2.23. The molecule has 1 aliphatic rings. The number of aromatic nitrogens is 2. The number of hydrogen-bond acceptors (Lipinski definition) is 2. The highest BCUT2D eigenvalue weighted by atomic mass is 127. The summed E-state index contributed by atoms with van der Waals surface area (Å²) < 4.78 is 16.0. The third-order valence-corrected chi connectivity index (χ3v) is 3.77. The first kappa shape index (κ1) is 12.0. The van der Waals surface area contributed by atoms with Gasteiger partial charge in [0.2, 0.25) is 5.95 Å². The quantitative estimate of drug-likeness (QED) is 0.853. The Labute approximate surface area is 119 Å². The summed E-state index contributed by atoms with van der Waals surface area (Å²) in [7, 11) is 0. The van der Waals surface area contributed by atoms with Crippen molar-refractivity contribution in [1.29, 1.82) is 0 Å². The number of benzene rings is 1. The molecule has 0 bridgehead atoms. The molecular formula is C13H13FIN3. The van der Waals surface area contributed by atoms with Gasteiger partial charge in [-0.1, -0.05) is 0 Å². The van der Waals surface area contributed by atoms with Crippen LogP contribution >= 0.6 is 22.6 Å². The SMILES string of the molecule is Cc1cn(-c2ccc(F)cc2I)c(NC2CC2)n1. The Kier molecular flexibility index (Phi) is 3.01. The molecule has 1 N–H and O–H groups in total. The van der Waals surface area contributed by atoms with Gasteiger partial charge in [-0.15, -0.1) is 0 Å². The number of aryl methyl sites for hydroxylation is 1. The summed E-state index contributed by atoms with van der Waals surface area (Å²) in [5.41, 5.74) is 1.92. The molecule has 3 nitrogen and oxygen atoms in total. The fourth-order valence-corrected chi connectivity index (χ4v) is 2.61. The maximum Gasteiger partial charge on any atom is 0.207 e. The Morgan fingerprint density at radius 2 is 2.22 bits per heavy atom. The molecule has 94 valence electrons. The summed E-state index contributed by atoms with van der Waals surface area (Å²) in [4.78, 5) is 4.49. The monoisotopic (exact) mass is 357 g/mol. The average Bonchev–Trinajstić information content (AvgIpc) is 3.03. The molecule has 5 heteroatoms. The first-order chi connectivity index (χ1) is 8.63. The third kappa shape index (κ3) is 2.36. The Bertz CT molecular complexity index is 590. The van der Waals surface area contributed by atoms with Crippen LogP contribution in [-0.4, -0.2) is 15.6 Å². The molecule has 1 aromatic carbocycles. The second-order valence-electron chi connectivity index (χ2n) is 4.59. The van der Waals surface area contributed by atoms with Crippen LogP contribution in [0.1, 0.15) is 18.5 Å². The van der Waals surface area contributed by atoms with E-state index in [1.807, 2.05) is 17.7 Å². The summed E-state index contributed by atoms with van der Waals surface area (Å²) in [6.45, 7) is 1.96. The molecule has 0 amide bonds. The van der Waals surface area contributed by atoms with Crippen LogP contribution in [-0.2, 0) is 0 Å². The van der Waals surface area contributed by atoms with Crippen molar-refractivity contribution in [3.8, 4) is 5.69 Å². The van der Waals surface area contributed by atoms with Crippen LogP contribution in [0, 0.1) is 16.3 Å². The second kappa shape index (κ2) is 4.53. The van der Waals surface area contributed by atoms with Crippen LogP contribution in [0.25, 0.3) is 5.69 Å². The molecule has 1 saturated carbocycles. The van der Waals surface area contributed by atoms with Crippen LogP contribution < -0.4 is 5.32 Å². The van der Waals surface area contributed by atoms with E-state index in [9.17, 15) is 4.39 Å². The van der Waals surface area contributed by atoms with Crippen molar-refractivity contribution >= 4 is 28.5 Å². The minimum Gasteiger partial charge on any atom is -0.353 e. The third-order valence-electron chi connectivity index (χ3n) is 2.91. The van der Waals surface area contributed by atoms with Crippen molar-refractivity contribution in [1.82, 2.24) is 9.55 Å². The number of nitrogens with one attached hydrogen (secondary N) is 1. The van der Waals surface area contributed by atoms with Crippen molar-refractivity contribution in [3.05, 3.63) is 39.5 Å². The molecule has 1 fully saturated rings. The average molecular weight is 357 g/mol. The first-order valence-electron chi connectivity index (χ1n) is 5.91. The molecule has 1 aliphatic carbocycles. The predicted octanol–water partition coefficient (Wildman–Crippen LogP) is 3.50. The zero-order valence-corrected chi connectivity index (χ0v) is 12.1. The highest BCUT2D eigenvalue weighted by molar-refractivity contribution is 14.1. The molecule has 18 heavy (non-hydrogen) atoms. The van der Waals surface area contributed by atoms with Gasteiger partial charge in [-0.3, -0.25) is 4.57 Å². The second-order valence-corrected chi connectivity index (χ2v) is 5.75. The summed E-state index contributed by atoms with van der Waals surface area (Å²) in [6.07, 6.45) is 4.37. The van der Waals surface area contributed by atoms with Crippen LogP contribution in [0.2, 0.25) is 0 Å². The predicted molar refractivity (Wildman–Crippen MR) is 77.6 cm³/mol. The molecule has 0 saturated heterocycles. The highest BCUT2D eigenvalue weighted by Crippen LogP contribution is 2.27. The van der Waals surface area contributed by atoms with E-state index in [2.05, 4.69) is 32.9 Å². The normalized spacial score (nSPS) is 14.8. The first-order valence-corrected chi connectivity index (χ1v) is 6.99. The Morgan fingerprint density at radius 3 is 2.89 bits per heavy atom. The van der Waals surface area contributed by atoms with E-state index in [0.29, 0.717) is 6.04 Å². The van der Waals surface area contributed by atoms with Gasteiger partial charge in [0, 0.05) is 15.8 Å². The molecule has 1 heterocycles. The number of nitrogens with zero attached hydrogens (tertiary/aromatic N) is 2. The van der Waals surface area contributed by atoms with Gasteiger partial charge in [-0.05, 0) is 60.6 Å². The van der Waals surface area contributed by atoms with E-state index < -0.39 is 0 Å². The molecule has 1 aromatic heterocycles. The van der Waals surface area contributed by atoms with Crippen molar-refractivity contribution in [2.45, 2.75) is 25.8 Å². The minimum absolute atomic E-state index is 0.211. The molecular weight excluding hydrogens is 344 g/mol. The number of anilines is 1. The van der Waals surface area contributed by atoms with E-state index in [0.717, 1.165) is 20.9 Å². The summed E-state index contributed by atoms with van der Waals surface area (Å²) >= 11 is 2.15. The zero-order valence-electron chi connectivity index (χ0n) is 9.95. The smallest absolute Gasteiger partial charge is 0.207 e. The van der Waals surface area contributed by atoms with E-state index >= 15 is 0 Å². The number of halogens is 2. The van der Waals surface area contributed by atoms with Gasteiger partial charge in [0.05, 0.1) is 11.4 Å². The van der Waals surface area contributed by atoms with E-state index in [1.165, 1.54) is 25.0 Å². The van der Waals surface area contributed by atoms with Crippen LogP contribution in [0.3, 0.4) is 0 Å². The molecule has 0 atom stereocenters. The maximum atomic E-state index is 13.1. The van der Waals surface area contributed by atoms with Crippen molar-refractivity contribution in [3.63, 3.8) is 0 Å². The lowest BCUT2D eigenvalue weighted by Gasteiger charge is -2.10. The lowest BCUT2D eigenvalue weighted by atomic mass is 10.3. The molecule has 0 spiro atoms. The van der Waals surface area contributed by atoms with Crippen molar-refractivity contribution in [2.24, 2.45) is 0 Å².